The summed E-state index contributed by atoms with van der Waals surface area (Å²) in [6, 6.07) is 7.45. The summed E-state index contributed by atoms with van der Waals surface area (Å²) < 4.78 is 13.1. The number of likely N-dealkylation sites (tertiary alicyclic amines) is 1. The van der Waals surface area contributed by atoms with Crippen molar-refractivity contribution in [2.75, 3.05) is 19.6 Å². The Morgan fingerprint density at radius 2 is 2.11 bits per heavy atom. The molecule has 106 valence electrons. The van der Waals surface area contributed by atoms with E-state index in [4.69, 9.17) is 0 Å². The van der Waals surface area contributed by atoms with E-state index in [-0.39, 0.29) is 5.82 Å². The number of halogens is 1. The fourth-order valence-electron chi connectivity index (χ4n) is 2.65. The summed E-state index contributed by atoms with van der Waals surface area (Å²) in [5.41, 5.74) is 1.04. The maximum absolute atomic E-state index is 13.1. The van der Waals surface area contributed by atoms with Gasteiger partial charge < -0.3 is 10.2 Å². The molecule has 1 aromatic rings. The number of nitrogens with one attached hydrogen (secondary N) is 1. The number of rotatable bonds is 6. The van der Waals surface area contributed by atoms with Gasteiger partial charge >= 0.3 is 0 Å². The van der Waals surface area contributed by atoms with Gasteiger partial charge in [-0.3, -0.25) is 0 Å². The first-order valence-electron chi connectivity index (χ1n) is 7.48. The van der Waals surface area contributed by atoms with E-state index in [2.05, 4.69) is 17.1 Å². The summed E-state index contributed by atoms with van der Waals surface area (Å²) in [5.74, 6) is -0.145. The highest BCUT2D eigenvalue weighted by Gasteiger charge is 2.17. The molecule has 3 heteroatoms. The second kappa shape index (κ2) is 7.61. The average molecular weight is 264 g/mol. The van der Waals surface area contributed by atoms with Crippen LogP contribution in [0.25, 0.3) is 0 Å². The SMILES string of the molecule is CCCCN1CCC(NCc2cccc(F)c2)CC1. The van der Waals surface area contributed by atoms with Gasteiger partial charge in [-0.05, 0) is 56.6 Å². The van der Waals surface area contributed by atoms with Gasteiger partial charge in [0.1, 0.15) is 5.82 Å². The van der Waals surface area contributed by atoms with E-state index in [1.54, 1.807) is 12.1 Å². The van der Waals surface area contributed by atoms with E-state index in [9.17, 15) is 4.39 Å². The molecule has 1 saturated heterocycles. The molecule has 1 heterocycles. The lowest BCUT2D eigenvalue weighted by Crippen LogP contribution is -2.42. The molecule has 2 rings (SSSR count). The van der Waals surface area contributed by atoms with Gasteiger partial charge in [0.25, 0.3) is 0 Å². The molecule has 1 aliphatic rings. The highest BCUT2D eigenvalue weighted by molar-refractivity contribution is 5.16. The molecular weight excluding hydrogens is 239 g/mol. The smallest absolute Gasteiger partial charge is 0.123 e. The first kappa shape index (κ1) is 14.5. The molecule has 1 N–H and O–H groups in total. The lowest BCUT2D eigenvalue weighted by atomic mass is 10.0. The fraction of sp³-hybridized carbons (Fsp3) is 0.625. The molecule has 1 aromatic carbocycles. The number of nitrogens with zero attached hydrogens (tertiary/aromatic N) is 1. The van der Waals surface area contributed by atoms with Gasteiger partial charge in [0.2, 0.25) is 0 Å². The van der Waals surface area contributed by atoms with Crippen molar-refractivity contribution in [2.45, 2.75) is 45.2 Å². The Hall–Kier alpha value is -0.930. The van der Waals surface area contributed by atoms with Gasteiger partial charge in [-0.15, -0.1) is 0 Å². The lowest BCUT2D eigenvalue weighted by Gasteiger charge is -2.32. The summed E-state index contributed by atoms with van der Waals surface area (Å²) in [6.45, 7) is 6.65. The number of piperidine rings is 1. The zero-order valence-electron chi connectivity index (χ0n) is 11.9. The molecule has 0 radical (unpaired) electrons. The van der Waals surface area contributed by atoms with Gasteiger partial charge in [0.05, 0.1) is 0 Å². The molecular formula is C16H25FN2. The monoisotopic (exact) mass is 264 g/mol. The summed E-state index contributed by atoms with van der Waals surface area (Å²) in [5, 5.41) is 3.55. The third kappa shape index (κ3) is 4.92. The van der Waals surface area contributed by atoms with E-state index < -0.39 is 0 Å². The van der Waals surface area contributed by atoms with E-state index in [1.807, 2.05) is 6.07 Å². The molecule has 0 saturated carbocycles. The molecule has 19 heavy (non-hydrogen) atoms. The Kier molecular flexibility index (Phi) is 5.80. The summed E-state index contributed by atoms with van der Waals surface area (Å²) in [4.78, 5) is 2.56. The third-order valence-electron chi connectivity index (χ3n) is 3.90. The number of hydrogen-bond donors (Lipinski definition) is 1. The zero-order chi connectivity index (χ0) is 13.5. The van der Waals surface area contributed by atoms with Crippen LogP contribution in [0.15, 0.2) is 24.3 Å². The Bertz CT molecular complexity index is 373. The first-order valence-corrected chi connectivity index (χ1v) is 7.48. The van der Waals surface area contributed by atoms with Crippen molar-refractivity contribution in [3.63, 3.8) is 0 Å². The lowest BCUT2D eigenvalue weighted by molar-refractivity contribution is 0.195. The minimum absolute atomic E-state index is 0.145. The molecule has 0 aliphatic carbocycles. The minimum Gasteiger partial charge on any atom is -0.310 e. The summed E-state index contributed by atoms with van der Waals surface area (Å²) in [6.07, 6.45) is 5.00. The minimum atomic E-state index is -0.145. The molecule has 0 amide bonds. The summed E-state index contributed by atoms with van der Waals surface area (Å²) in [7, 11) is 0. The highest BCUT2D eigenvalue weighted by atomic mass is 19.1. The van der Waals surface area contributed by atoms with Crippen LogP contribution < -0.4 is 5.32 Å². The van der Waals surface area contributed by atoms with Crippen LogP contribution in [0, 0.1) is 5.82 Å². The van der Waals surface area contributed by atoms with Crippen molar-refractivity contribution in [1.29, 1.82) is 0 Å². The Morgan fingerprint density at radius 1 is 1.32 bits per heavy atom. The Labute approximate surface area is 116 Å². The van der Waals surface area contributed by atoms with Crippen LogP contribution in [0.1, 0.15) is 38.2 Å². The van der Waals surface area contributed by atoms with Crippen LogP contribution in [0.4, 0.5) is 4.39 Å². The average Bonchev–Trinajstić information content (AvgIpc) is 2.44. The second-order valence-corrected chi connectivity index (χ2v) is 5.48. The maximum atomic E-state index is 13.1. The van der Waals surface area contributed by atoms with Gasteiger partial charge in [0.15, 0.2) is 0 Å². The van der Waals surface area contributed by atoms with Crippen molar-refractivity contribution in [1.82, 2.24) is 10.2 Å². The van der Waals surface area contributed by atoms with Crippen molar-refractivity contribution in [3.05, 3.63) is 35.6 Å². The van der Waals surface area contributed by atoms with Crippen LogP contribution in [0.5, 0.6) is 0 Å². The zero-order valence-corrected chi connectivity index (χ0v) is 11.9. The standard InChI is InChI=1S/C16H25FN2/c1-2-3-9-19-10-7-16(8-11-19)18-13-14-5-4-6-15(17)12-14/h4-6,12,16,18H,2-3,7-11,13H2,1H3. The Balaban J connectivity index is 1.68. The van der Waals surface area contributed by atoms with Crippen LogP contribution in [0.3, 0.4) is 0 Å². The van der Waals surface area contributed by atoms with Crippen molar-refractivity contribution < 1.29 is 4.39 Å². The normalized spacial score (nSPS) is 17.8. The van der Waals surface area contributed by atoms with Crippen molar-refractivity contribution in [2.24, 2.45) is 0 Å². The van der Waals surface area contributed by atoms with Crippen LogP contribution in [-0.4, -0.2) is 30.6 Å². The van der Waals surface area contributed by atoms with Gasteiger partial charge in [-0.25, -0.2) is 4.39 Å². The van der Waals surface area contributed by atoms with E-state index in [1.165, 1.54) is 51.4 Å². The predicted octanol–water partition coefficient (Wildman–Crippen LogP) is 3.18. The number of unbranched alkanes of at least 4 members (excludes halogenated alkanes) is 1. The van der Waals surface area contributed by atoms with E-state index in [0.29, 0.717) is 6.04 Å². The van der Waals surface area contributed by atoms with E-state index >= 15 is 0 Å². The maximum Gasteiger partial charge on any atom is 0.123 e. The molecule has 1 fully saturated rings. The van der Waals surface area contributed by atoms with Crippen LogP contribution >= 0.6 is 0 Å². The quantitative estimate of drug-likeness (QED) is 0.849. The van der Waals surface area contributed by atoms with Gasteiger partial charge in [0, 0.05) is 12.6 Å². The van der Waals surface area contributed by atoms with Crippen LogP contribution in [-0.2, 0) is 6.54 Å². The first-order chi connectivity index (χ1) is 9.28. The third-order valence-corrected chi connectivity index (χ3v) is 3.90. The largest absolute Gasteiger partial charge is 0.310 e. The van der Waals surface area contributed by atoms with Crippen molar-refractivity contribution >= 4 is 0 Å². The Morgan fingerprint density at radius 3 is 2.79 bits per heavy atom. The topological polar surface area (TPSA) is 15.3 Å². The molecule has 0 unspecified atom stereocenters. The molecule has 0 spiro atoms. The van der Waals surface area contributed by atoms with Gasteiger partial charge in [-0.2, -0.15) is 0 Å². The molecule has 0 bridgehead atoms. The number of benzene rings is 1. The fourth-order valence-corrected chi connectivity index (χ4v) is 2.65. The van der Waals surface area contributed by atoms with Gasteiger partial charge in [-0.1, -0.05) is 25.5 Å². The summed E-state index contributed by atoms with van der Waals surface area (Å²) >= 11 is 0. The highest BCUT2D eigenvalue weighted by Crippen LogP contribution is 2.12. The van der Waals surface area contributed by atoms with Crippen LogP contribution in [0.2, 0.25) is 0 Å². The van der Waals surface area contributed by atoms with E-state index in [0.717, 1.165) is 12.1 Å². The molecule has 0 atom stereocenters. The van der Waals surface area contributed by atoms with Crippen molar-refractivity contribution in [3.8, 4) is 0 Å². The molecule has 0 aromatic heterocycles. The molecule has 1 aliphatic heterocycles. The second-order valence-electron chi connectivity index (χ2n) is 5.48. The molecule has 2 nitrogen and oxygen atoms in total. The number of hydrogen-bond acceptors (Lipinski definition) is 2. The predicted molar refractivity (Wildman–Crippen MR) is 77.6 cm³/mol.